The SMILES string of the molecule is COC(CCCCC(=O)NO)C(=O)Nc1ccccc1. The molecule has 0 saturated carbocycles. The van der Waals surface area contributed by atoms with Crippen molar-refractivity contribution < 1.29 is 19.5 Å². The summed E-state index contributed by atoms with van der Waals surface area (Å²) in [5.74, 6) is -0.627. The van der Waals surface area contributed by atoms with Gasteiger partial charge in [-0.05, 0) is 31.4 Å². The second-order valence-electron chi connectivity index (χ2n) is 4.36. The molecule has 0 aliphatic heterocycles. The maximum absolute atomic E-state index is 12.0. The van der Waals surface area contributed by atoms with Gasteiger partial charge in [-0.2, -0.15) is 0 Å². The van der Waals surface area contributed by atoms with Crippen molar-refractivity contribution in [2.75, 3.05) is 12.4 Å². The van der Waals surface area contributed by atoms with Crippen molar-refractivity contribution in [1.29, 1.82) is 0 Å². The number of carbonyl (C=O) groups excluding carboxylic acids is 2. The number of nitrogens with one attached hydrogen (secondary N) is 2. The molecule has 0 aliphatic rings. The van der Waals surface area contributed by atoms with Gasteiger partial charge in [-0.3, -0.25) is 14.8 Å². The minimum atomic E-state index is -0.549. The highest BCUT2D eigenvalue weighted by Gasteiger charge is 2.17. The molecule has 1 aromatic carbocycles. The predicted octanol–water partition coefficient (Wildman–Crippen LogP) is 1.71. The molecule has 20 heavy (non-hydrogen) atoms. The average molecular weight is 280 g/mol. The molecular weight excluding hydrogens is 260 g/mol. The molecule has 1 aromatic rings. The summed E-state index contributed by atoms with van der Waals surface area (Å²) in [6.45, 7) is 0. The Kier molecular flexibility index (Phi) is 7.31. The summed E-state index contributed by atoms with van der Waals surface area (Å²) >= 11 is 0. The second kappa shape index (κ2) is 9.06. The second-order valence-corrected chi connectivity index (χ2v) is 4.36. The van der Waals surface area contributed by atoms with Crippen LogP contribution < -0.4 is 10.8 Å². The highest BCUT2D eigenvalue weighted by atomic mass is 16.5. The van der Waals surface area contributed by atoms with E-state index in [1.807, 2.05) is 18.2 Å². The van der Waals surface area contributed by atoms with Crippen molar-refractivity contribution in [3.63, 3.8) is 0 Å². The molecule has 0 aromatic heterocycles. The Bertz CT molecular complexity index is 422. The van der Waals surface area contributed by atoms with Gasteiger partial charge in [0, 0.05) is 19.2 Å². The zero-order valence-corrected chi connectivity index (χ0v) is 11.5. The maximum atomic E-state index is 12.0. The molecule has 0 heterocycles. The van der Waals surface area contributed by atoms with Crippen LogP contribution in [0.25, 0.3) is 0 Å². The summed E-state index contributed by atoms with van der Waals surface area (Å²) < 4.78 is 5.16. The third-order valence-corrected chi connectivity index (χ3v) is 2.86. The molecule has 1 rings (SSSR count). The summed E-state index contributed by atoms with van der Waals surface area (Å²) in [6, 6.07) is 9.15. The van der Waals surface area contributed by atoms with Crippen LogP contribution in [0, 0.1) is 0 Å². The summed E-state index contributed by atoms with van der Waals surface area (Å²) in [5, 5.41) is 11.1. The number of hydrogen-bond donors (Lipinski definition) is 3. The van der Waals surface area contributed by atoms with Gasteiger partial charge in [0.2, 0.25) is 5.91 Å². The fraction of sp³-hybridized carbons (Fsp3) is 0.429. The molecule has 0 spiro atoms. The fourth-order valence-corrected chi connectivity index (χ4v) is 1.77. The molecular formula is C14H20N2O4. The van der Waals surface area contributed by atoms with Crippen molar-refractivity contribution in [3.8, 4) is 0 Å². The topological polar surface area (TPSA) is 87.7 Å². The van der Waals surface area contributed by atoms with Crippen LogP contribution in [0.4, 0.5) is 5.69 Å². The van der Waals surface area contributed by atoms with E-state index in [0.717, 1.165) is 5.69 Å². The lowest BCUT2D eigenvalue weighted by Crippen LogP contribution is -2.29. The van der Waals surface area contributed by atoms with Crippen LogP contribution in [0.3, 0.4) is 0 Å². The Morgan fingerprint density at radius 2 is 1.95 bits per heavy atom. The van der Waals surface area contributed by atoms with E-state index >= 15 is 0 Å². The van der Waals surface area contributed by atoms with E-state index in [-0.39, 0.29) is 12.3 Å². The summed E-state index contributed by atoms with van der Waals surface area (Å²) in [7, 11) is 1.48. The van der Waals surface area contributed by atoms with Crippen LogP contribution in [0.1, 0.15) is 25.7 Å². The number of rotatable bonds is 8. The van der Waals surface area contributed by atoms with Crippen molar-refractivity contribution in [3.05, 3.63) is 30.3 Å². The number of ether oxygens (including phenoxy) is 1. The van der Waals surface area contributed by atoms with Crippen molar-refractivity contribution in [1.82, 2.24) is 5.48 Å². The maximum Gasteiger partial charge on any atom is 0.253 e. The average Bonchev–Trinajstić information content (AvgIpc) is 2.47. The molecule has 3 N–H and O–H groups in total. The molecule has 6 heteroatoms. The van der Waals surface area contributed by atoms with Crippen molar-refractivity contribution >= 4 is 17.5 Å². The molecule has 110 valence electrons. The lowest BCUT2D eigenvalue weighted by molar-refractivity contribution is -0.129. The summed E-state index contributed by atoms with van der Waals surface area (Å²) in [5.41, 5.74) is 2.29. The minimum absolute atomic E-state index is 0.203. The monoisotopic (exact) mass is 280 g/mol. The molecule has 1 atom stereocenters. The lowest BCUT2D eigenvalue weighted by atomic mass is 10.1. The molecule has 2 amide bonds. The molecule has 0 radical (unpaired) electrons. The van der Waals surface area contributed by atoms with Gasteiger partial charge in [0.05, 0.1) is 0 Å². The molecule has 0 saturated heterocycles. The Morgan fingerprint density at radius 1 is 1.25 bits per heavy atom. The van der Waals surface area contributed by atoms with E-state index in [1.54, 1.807) is 17.6 Å². The smallest absolute Gasteiger partial charge is 0.253 e. The zero-order chi connectivity index (χ0) is 14.8. The number of unbranched alkanes of at least 4 members (excludes halogenated alkanes) is 1. The molecule has 0 aliphatic carbocycles. The third-order valence-electron chi connectivity index (χ3n) is 2.86. The highest BCUT2D eigenvalue weighted by molar-refractivity contribution is 5.94. The standard InChI is InChI=1S/C14H20N2O4/c1-20-12(9-5-6-10-13(17)16-19)14(18)15-11-7-3-2-4-8-11/h2-4,7-8,12,19H,5-6,9-10H2,1H3,(H,15,18)(H,16,17). The van der Waals surface area contributed by atoms with Crippen LogP contribution in [0.15, 0.2) is 30.3 Å². The van der Waals surface area contributed by atoms with Crippen LogP contribution in [0.5, 0.6) is 0 Å². The third kappa shape index (κ3) is 5.81. The molecule has 1 unspecified atom stereocenters. The van der Waals surface area contributed by atoms with Gasteiger partial charge in [-0.25, -0.2) is 5.48 Å². The first-order chi connectivity index (χ1) is 9.67. The minimum Gasteiger partial charge on any atom is -0.372 e. The van der Waals surface area contributed by atoms with E-state index in [9.17, 15) is 9.59 Å². The van der Waals surface area contributed by atoms with Gasteiger partial charge < -0.3 is 10.1 Å². The first-order valence-corrected chi connectivity index (χ1v) is 6.49. The van der Waals surface area contributed by atoms with Gasteiger partial charge in [0.15, 0.2) is 0 Å². The molecule has 0 fully saturated rings. The quantitative estimate of drug-likeness (QED) is 0.384. The van der Waals surface area contributed by atoms with Gasteiger partial charge in [0.1, 0.15) is 6.10 Å². The normalized spacial score (nSPS) is 11.7. The first kappa shape index (κ1) is 16.1. The van der Waals surface area contributed by atoms with Gasteiger partial charge >= 0.3 is 0 Å². The summed E-state index contributed by atoms with van der Waals surface area (Å²) in [6.07, 6.45) is 1.45. The number of benzene rings is 1. The Labute approximate surface area is 118 Å². The number of hydroxylamine groups is 1. The Morgan fingerprint density at radius 3 is 2.55 bits per heavy atom. The largest absolute Gasteiger partial charge is 0.372 e. The number of carbonyl (C=O) groups is 2. The zero-order valence-electron chi connectivity index (χ0n) is 11.5. The van der Waals surface area contributed by atoms with Crippen LogP contribution in [-0.2, 0) is 14.3 Å². The van der Waals surface area contributed by atoms with E-state index in [4.69, 9.17) is 9.94 Å². The van der Waals surface area contributed by atoms with E-state index in [1.165, 1.54) is 7.11 Å². The molecule has 6 nitrogen and oxygen atoms in total. The van der Waals surface area contributed by atoms with Gasteiger partial charge in [-0.1, -0.05) is 18.2 Å². The van der Waals surface area contributed by atoms with Crippen LogP contribution >= 0.6 is 0 Å². The number of anilines is 1. The lowest BCUT2D eigenvalue weighted by Gasteiger charge is -2.15. The van der Waals surface area contributed by atoms with Gasteiger partial charge in [0.25, 0.3) is 5.91 Å². The molecule has 0 bridgehead atoms. The van der Waals surface area contributed by atoms with Crippen molar-refractivity contribution in [2.24, 2.45) is 0 Å². The van der Waals surface area contributed by atoms with Gasteiger partial charge in [-0.15, -0.1) is 0 Å². The van der Waals surface area contributed by atoms with Crippen LogP contribution in [-0.4, -0.2) is 30.2 Å². The number of methoxy groups -OCH3 is 1. The Balaban J connectivity index is 2.34. The number of hydrogen-bond acceptors (Lipinski definition) is 4. The summed E-state index contributed by atoms with van der Waals surface area (Å²) in [4.78, 5) is 22.8. The van der Waals surface area contributed by atoms with E-state index < -0.39 is 12.0 Å². The van der Waals surface area contributed by atoms with Crippen LogP contribution in [0.2, 0.25) is 0 Å². The predicted molar refractivity (Wildman–Crippen MR) is 74.3 cm³/mol. The number of para-hydroxylation sites is 1. The Hall–Kier alpha value is -1.92. The first-order valence-electron chi connectivity index (χ1n) is 6.49. The fourth-order valence-electron chi connectivity index (χ4n) is 1.77. The highest BCUT2D eigenvalue weighted by Crippen LogP contribution is 2.11. The van der Waals surface area contributed by atoms with E-state index in [0.29, 0.717) is 19.3 Å². The van der Waals surface area contributed by atoms with E-state index in [2.05, 4.69) is 5.32 Å². The van der Waals surface area contributed by atoms with Crippen molar-refractivity contribution in [2.45, 2.75) is 31.8 Å². The number of amides is 2.